The van der Waals surface area contributed by atoms with Crippen molar-refractivity contribution in [1.29, 1.82) is 0 Å². The topological polar surface area (TPSA) is 95.5 Å². The number of anilines is 1. The van der Waals surface area contributed by atoms with Crippen molar-refractivity contribution >= 4 is 39.5 Å². The molecule has 6 nitrogen and oxygen atoms in total. The van der Waals surface area contributed by atoms with Crippen LogP contribution >= 0.6 is 15.9 Å². The number of benzene rings is 1. The number of amides is 3. The molecule has 0 aliphatic rings. The molecular weight excluding hydrogens is 323 g/mol. The lowest BCUT2D eigenvalue weighted by atomic mass is 10.3. The maximum Gasteiger partial charge on any atom is 0.328 e. The number of aliphatic carboxylic acids is 1. The van der Waals surface area contributed by atoms with Crippen molar-refractivity contribution < 1.29 is 23.9 Å². The van der Waals surface area contributed by atoms with Gasteiger partial charge in [0.25, 0.3) is 5.91 Å². The summed E-state index contributed by atoms with van der Waals surface area (Å²) in [6, 6.07) is 2.91. The summed E-state index contributed by atoms with van der Waals surface area (Å²) in [4.78, 5) is 32.5. The quantitative estimate of drug-likeness (QED) is 0.737. The molecule has 0 aliphatic carbocycles. The number of carbonyl (C=O) groups is 3. The number of carboxylic acids is 1. The Morgan fingerprint density at radius 2 is 1.95 bits per heavy atom. The lowest BCUT2D eigenvalue weighted by Crippen LogP contribution is -2.33. The summed E-state index contributed by atoms with van der Waals surface area (Å²) in [7, 11) is 0. The number of carboxylic acid groups (broad SMARTS) is 1. The molecule has 0 radical (unpaired) electrons. The second-order valence-electron chi connectivity index (χ2n) is 3.24. The molecule has 0 fully saturated rings. The van der Waals surface area contributed by atoms with Crippen LogP contribution in [0.3, 0.4) is 0 Å². The molecule has 3 amide bonds. The van der Waals surface area contributed by atoms with Gasteiger partial charge >= 0.3 is 12.0 Å². The predicted octanol–water partition coefficient (Wildman–Crippen LogP) is 1.88. The molecule has 1 aromatic carbocycles. The summed E-state index contributed by atoms with van der Waals surface area (Å²) in [6.07, 6.45) is 1.24. The van der Waals surface area contributed by atoms with Crippen molar-refractivity contribution in [3.63, 3.8) is 0 Å². The number of carbonyl (C=O) groups excluding carboxylic acids is 2. The molecule has 1 aromatic rings. The zero-order valence-corrected chi connectivity index (χ0v) is 10.9. The summed E-state index contributed by atoms with van der Waals surface area (Å²) < 4.78 is 13.8. The Bertz CT molecular complexity index is 560. The highest BCUT2D eigenvalue weighted by molar-refractivity contribution is 9.10. The number of imide groups is 1. The van der Waals surface area contributed by atoms with Crippen LogP contribution in [-0.4, -0.2) is 23.0 Å². The van der Waals surface area contributed by atoms with Gasteiger partial charge in [0, 0.05) is 16.6 Å². The van der Waals surface area contributed by atoms with Crippen LogP contribution in [0.2, 0.25) is 0 Å². The smallest absolute Gasteiger partial charge is 0.328 e. The molecule has 100 valence electrons. The van der Waals surface area contributed by atoms with Gasteiger partial charge in [0.05, 0.1) is 5.69 Å². The van der Waals surface area contributed by atoms with Crippen LogP contribution < -0.4 is 10.6 Å². The van der Waals surface area contributed by atoms with E-state index in [1.165, 1.54) is 12.1 Å². The molecule has 0 saturated heterocycles. The fraction of sp³-hybridized carbons (Fsp3) is 0. The van der Waals surface area contributed by atoms with Crippen molar-refractivity contribution in [1.82, 2.24) is 5.32 Å². The van der Waals surface area contributed by atoms with E-state index < -0.39 is 23.7 Å². The first-order chi connectivity index (χ1) is 8.88. The molecule has 0 heterocycles. The Balaban J connectivity index is 2.63. The first-order valence-corrected chi connectivity index (χ1v) is 5.66. The highest BCUT2D eigenvalue weighted by atomic mass is 79.9. The van der Waals surface area contributed by atoms with Crippen LogP contribution in [-0.2, 0) is 9.59 Å². The molecule has 1 rings (SSSR count). The van der Waals surface area contributed by atoms with Gasteiger partial charge in [-0.2, -0.15) is 0 Å². The van der Waals surface area contributed by atoms with Crippen molar-refractivity contribution in [2.24, 2.45) is 0 Å². The average molecular weight is 331 g/mol. The number of rotatable bonds is 3. The standard InChI is InChI=1S/C11H8BrFN2O4/c12-6-1-2-7(13)8(5-6)14-11(19)15-9(16)3-4-10(17)18/h1-5H,(H,17,18)(H2,14,15,16,19)/b4-3+. The van der Waals surface area contributed by atoms with Crippen molar-refractivity contribution in [2.45, 2.75) is 0 Å². The number of halogens is 2. The Hall–Kier alpha value is -2.22. The fourth-order valence-corrected chi connectivity index (χ4v) is 1.41. The van der Waals surface area contributed by atoms with Crippen molar-refractivity contribution in [3.8, 4) is 0 Å². The zero-order chi connectivity index (χ0) is 14.4. The van der Waals surface area contributed by atoms with Crippen LogP contribution in [0.4, 0.5) is 14.9 Å². The Labute approximate surface area is 115 Å². The van der Waals surface area contributed by atoms with Crippen LogP contribution in [0.15, 0.2) is 34.8 Å². The molecule has 0 spiro atoms. The molecular formula is C11H8BrFN2O4. The van der Waals surface area contributed by atoms with E-state index in [9.17, 15) is 18.8 Å². The number of hydrogen-bond acceptors (Lipinski definition) is 3. The third-order valence-corrected chi connectivity index (χ3v) is 2.28. The maximum atomic E-state index is 13.3. The highest BCUT2D eigenvalue weighted by Gasteiger charge is 2.09. The van der Waals surface area contributed by atoms with Crippen molar-refractivity contribution in [3.05, 3.63) is 40.6 Å². The third kappa shape index (κ3) is 5.30. The normalized spacial score (nSPS) is 10.2. The van der Waals surface area contributed by atoms with E-state index in [2.05, 4.69) is 21.2 Å². The van der Waals surface area contributed by atoms with Gasteiger partial charge in [0.1, 0.15) is 5.82 Å². The van der Waals surface area contributed by atoms with Gasteiger partial charge in [-0.15, -0.1) is 0 Å². The highest BCUT2D eigenvalue weighted by Crippen LogP contribution is 2.19. The van der Waals surface area contributed by atoms with E-state index in [0.717, 1.165) is 6.07 Å². The minimum atomic E-state index is -1.33. The van der Waals surface area contributed by atoms with Gasteiger partial charge in [-0.25, -0.2) is 14.0 Å². The second-order valence-corrected chi connectivity index (χ2v) is 4.15. The second kappa shape index (κ2) is 6.64. The van der Waals surface area contributed by atoms with Crippen LogP contribution in [0.1, 0.15) is 0 Å². The van der Waals surface area contributed by atoms with Crippen LogP contribution in [0.25, 0.3) is 0 Å². The first-order valence-electron chi connectivity index (χ1n) is 4.86. The van der Waals surface area contributed by atoms with Crippen LogP contribution in [0, 0.1) is 5.82 Å². The van der Waals surface area contributed by atoms with Gasteiger partial charge in [-0.05, 0) is 18.2 Å². The van der Waals surface area contributed by atoms with Crippen molar-refractivity contribution in [2.75, 3.05) is 5.32 Å². The summed E-state index contributed by atoms with van der Waals surface area (Å²) in [6.45, 7) is 0. The minimum absolute atomic E-state index is 0.123. The molecule has 0 unspecified atom stereocenters. The molecule has 0 saturated carbocycles. The molecule has 8 heteroatoms. The largest absolute Gasteiger partial charge is 0.478 e. The summed E-state index contributed by atoms with van der Waals surface area (Å²) in [5.74, 6) is -2.93. The third-order valence-electron chi connectivity index (χ3n) is 1.79. The molecule has 0 aliphatic heterocycles. The summed E-state index contributed by atoms with van der Waals surface area (Å²) in [5.41, 5.74) is -0.123. The van der Waals surface area contributed by atoms with E-state index in [-0.39, 0.29) is 5.69 Å². The molecule has 19 heavy (non-hydrogen) atoms. The Kier molecular flexibility index (Phi) is 5.19. The monoisotopic (exact) mass is 330 g/mol. The number of hydrogen-bond donors (Lipinski definition) is 3. The minimum Gasteiger partial charge on any atom is -0.478 e. The SMILES string of the molecule is O=C(O)/C=C/C(=O)NC(=O)Nc1cc(Br)ccc1F. The zero-order valence-electron chi connectivity index (χ0n) is 9.31. The van der Waals surface area contributed by atoms with Gasteiger partial charge in [-0.1, -0.05) is 15.9 Å². The lowest BCUT2D eigenvalue weighted by Gasteiger charge is -2.06. The first kappa shape index (κ1) is 14.8. The molecule has 3 N–H and O–H groups in total. The average Bonchev–Trinajstić information content (AvgIpc) is 2.31. The predicted molar refractivity (Wildman–Crippen MR) is 68.0 cm³/mol. The van der Waals surface area contributed by atoms with Gasteiger partial charge < -0.3 is 10.4 Å². The maximum absolute atomic E-state index is 13.3. The van der Waals surface area contributed by atoms with Gasteiger partial charge in [0.2, 0.25) is 0 Å². The number of urea groups is 1. The summed E-state index contributed by atoms with van der Waals surface area (Å²) >= 11 is 3.10. The Morgan fingerprint density at radius 1 is 1.26 bits per heavy atom. The lowest BCUT2D eigenvalue weighted by molar-refractivity contribution is -0.131. The summed E-state index contributed by atoms with van der Waals surface area (Å²) in [5, 5.41) is 12.2. The van der Waals surface area contributed by atoms with E-state index >= 15 is 0 Å². The van der Waals surface area contributed by atoms with E-state index in [1.54, 1.807) is 0 Å². The van der Waals surface area contributed by atoms with Gasteiger partial charge in [0.15, 0.2) is 0 Å². The molecule has 0 bridgehead atoms. The van der Waals surface area contributed by atoms with Crippen LogP contribution in [0.5, 0.6) is 0 Å². The van der Waals surface area contributed by atoms with E-state index in [0.29, 0.717) is 16.6 Å². The van der Waals surface area contributed by atoms with Gasteiger partial charge in [-0.3, -0.25) is 10.1 Å². The van der Waals surface area contributed by atoms with E-state index in [1.807, 2.05) is 5.32 Å². The molecule has 0 atom stereocenters. The molecule has 0 aromatic heterocycles. The number of nitrogens with one attached hydrogen (secondary N) is 2. The van der Waals surface area contributed by atoms with E-state index in [4.69, 9.17) is 5.11 Å². The fourth-order valence-electron chi connectivity index (χ4n) is 1.05. The Morgan fingerprint density at radius 3 is 2.58 bits per heavy atom.